The molecule has 0 atom stereocenters. The molecule has 2 aromatic heterocycles. The molecule has 0 saturated heterocycles. The van der Waals surface area contributed by atoms with Crippen molar-refractivity contribution < 1.29 is 4.79 Å². The van der Waals surface area contributed by atoms with Gasteiger partial charge in [0.25, 0.3) is 5.91 Å². The number of hydrogen-bond donors (Lipinski definition) is 1. The summed E-state index contributed by atoms with van der Waals surface area (Å²) in [7, 11) is 0. The SMILES string of the molecule is Cc1cc(C(=O)Nc2nnc(C)c(C)n2)cc(Cl)n1. The van der Waals surface area contributed by atoms with Crippen LogP contribution in [-0.4, -0.2) is 26.1 Å². The van der Waals surface area contributed by atoms with Gasteiger partial charge in [0.15, 0.2) is 0 Å². The Morgan fingerprint density at radius 1 is 1.11 bits per heavy atom. The molecule has 0 radical (unpaired) electrons. The molecule has 2 heterocycles. The highest BCUT2D eigenvalue weighted by Gasteiger charge is 2.11. The Morgan fingerprint density at radius 3 is 2.47 bits per heavy atom. The molecule has 0 unspecified atom stereocenters. The number of carbonyl (C=O) groups is 1. The monoisotopic (exact) mass is 277 g/mol. The van der Waals surface area contributed by atoms with E-state index in [1.165, 1.54) is 6.07 Å². The molecular weight excluding hydrogens is 266 g/mol. The van der Waals surface area contributed by atoms with E-state index in [0.29, 0.717) is 17.0 Å². The lowest BCUT2D eigenvalue weighted by Crippen LogP contribution is -2.16. The molecule has 7 heteroatoms. The molecule has 0 fully saturated rings. The minimum atomic E-state index is -0.350. The Morgan fingerprint density at radius 2 is 1.84 bits per heavy atom. The van der Waals surface area contributed by atoms with Crippen molar-refractivity contribution >= 4 is 23.5 Å². The fourth-order valence-corrected chi connectivity index (χ4v) is 1.69. The number of pyridine rings is 1. The summed E-state index contributed by atoms with van der Waals surface area (Å²) in [6.45, 7) is 5.36. The number of carbonyl (C=O) groups excluding carboxylic acids is 1. The molecule has 0 spiro atoms. The van der Waals surface area contributed by atoms with Gasteiger partial charge in [-0.1, -0.05) is 11.6 Å². The Labute approximate surface area is 115 Å². The van der Waals surface area contributed by atoms with Crippen LogP contribution in [0.4, 0.5) is 5.95 Å². The van der Waals surface area contributed by atoms with E-state index in [1.807, 2.05) is 0 Å². The first-order chi connectivity index (χ1) is 8.95. The maximum absolute atomic E-state index is 12.0. The van der Waals surface area contributed by atoms with Gasteiger partial charge >= 0.3 is 0 Å². The lowest BCUT2D eigenvalue weighted by Gasteiger charge is -2.05. The van der Waals surface area contributed by atoms with E-state index in [-0.39, 0.29) is 17.0 Å². The molecule has 0 bridgehead atoms. The van der Waals surface area contributed by atoms with Crippen LogP contribution in [0.2, 0.25) is 5.15 Å². The molecule has 6 nitrogen and oxygen atoms in total. The molecule has 0 saturated carbocycles. The number of anilines is 1. The maximum Gasteiger partial charge on any atom is 0.258 e. The molecule has 0 aromatic carbocycles. The predicted octanol–water partition coefficient (Wildman–Crippen LogP) is 2.10. The van der Waals surface area contributed by atoms with E-state index in [2.05, 4.69) is 25.5 Å². The van der Waals surface area contributed by atoms with Crippen LogP contribution in [0.25, 0.3) is 0 Å². The topological polar surface area (TPSA) is 80.7 Å². The number of halogens is 1. The summed E-state index contributed by atoms with van der Waals surface area (Å²) in [4.78, 5) is 20.1. The zero-order chi connectivity index (χ0) is 14.0. The predicted molar refractivity (Wildman–Crippen MR) is 71.2 cm³/mol. The van der Waals surface area contributed by atoms with Gasteiger partial charge in [0.05, 0.1) is 11.4 Å². The third-order valence-electron chi connectivity index (χ3n) is 2.50. The largest absolute Gasteiger partial charge is 0.289 e. The fraction of sp³-hybridized carbons (Fsp3) is 0.250. The van der Waals surface area contributed by atoms with Gasteiger partial charge in [-0.2, -0.15) is 5.10 Å². The van der Waals surface area contributed by atoms with Crippen LogP contribution < -0.4 is 5.32 Å². The summed E-state index contributed by atoms with van der Waals surface area (Å²) in [6, 6.07) is 3.12. The lowest BCUT2D eigenvalue weighted by atomic mass is 10.2. The second-order valence-electron chi connectivity index (χ2n) is 4.08. The normalized spacial score (nSPS) is 10.3. The number of rotatable bonds is 2. The Hall–Kier alpha value is -2.08. The third-order valence-corrected chi connectivity index (χ3v) is 2.70. The smallest absolute Gasteiger partial charge is 0.258 e. The summed E-state index contributed by atoms with van der Waals surface area (Å²) >= 11 is 5.81. The van der Waals surface area contributed by atoms with Crippen LogP contribution in [0.3, 0.4) is 0 Å². The van der Waals surface area contributed by atoms with Crippen LogP contribution in [0.15, 0.2) is 12.1 Å². The summed E-state index contributed by atoms with van der Waals surface area (Å²) < 4.78 is 0. The van der Waals surface area contributed by atoms with Crippen molar-refractivity contribution in [1.29, 1.82) is 0 Å². The second-order valence-corrected chi connectivity index (χ2v) is 4.47. The van der Waals surface area contributed by atoms with Crippen molar-refractivity contribution in [3.63, 3.8) is 0 Å². The van der Waals surface area contributed by atoms with Crippen LogP contribution in [0.1, 0.15) is 27.4 Å². The average molecular weight is 278 g/mol. The quantitative estimate of drug-likeness (QED) is 0.850. The fourth-order valence-electron chi connectivity index (χ4n) is 1.44. The zero-order valence-corrected chi connectivity index (χ0v) is 11.5. The van der Waals surface area contributed by atoms with Gasteiger partial charge in [-0.15, -0.1) is 5.10 Å². The van der Waals surface area contributed by atoms with Gasteiger partial charge in [0, 0.05) is 11.3 Å². The lowest BCUT2D eigenvalue weighted by molar-refractivity contribution is 0.102. The van der Waals surface area contributed by atoms with Crippen LogP contribution in [0.5, 0.6) is 0 Å². The van der Waals surface area contributed by atoms with Gasteiger partial charge in [-0.3, -0.25) is 10.1 Å². The number of aromatic nitrogens is 4. The zero-order valence-electron chi connectivity index (χ0n) is 10.7. The van der Waals surface area contributed by atoms with Crippen molar-refractivity contribution in [3.8, 4) is 0 Å². The molecule has 0 aliphatic carbocycles. The molecule has 0 aliphatic rings. The van der Waals surface area contributed by atoms with Crippen LogP contribution in [-0.2, 0) is 0 Å². The standard InChI is InChI=1S/C12H12ClN5O/c1-6-4-9(5-10(13)14-6)11(19)16-12-15-7(2)8(3)17-18-12/h4-5H,1-3H3,(H,15,16,18,19). The van der Waals surface area contributed by atoms with E-state index in [0.717, 1.165) is 5.69 Å². The van der Waals surface area contributed by atoms with E-state index in [4.69, 9.17) is 11.6 Å². The van der Waals surface area contributed by atoms with Gasteiger partial charge in [-0.05, 0) is 32.9 Å². The maximum atomic E-state index is 12.0. The Bertz CT molecular complexity index is 624. The highest BCUT2D eigenvalue weighted by molar-refractivity contribution is 6.29. The van der Waals surface area contributed by atoms with E-state index < -0.39 is 0 Å². The summed E-state index contributed by atoms with van der Waals surface area (Å²) in [6.07, 6.45) is 0. The summed E-state index contributed by atoms with van der Waals surface area (Å²) in [5.74, 6) is -0.184. The third kappa shape index (κ3) is 3.23. The van der Waals surface area contributed by atoms with Crippen molar-refractivity contribution in [2.75, 3.05) is 5.32 Å². The van der Waals surface area contributed by atoms with Crippen LogP contribution in [0, 0.1) is 20.8 Å². The summed E-state index contributed by atoms with van der Waals surface area (Å²) in [5, 5.41) is 10.5. The average Bonchev–Trinajstić information content (AvgIpc) is 2.32. The van der Waals surface area contributed by atoms with E-state index in [1.54, 1.807) is 26.8 Å². The Balaban J connectivity index is 2.22. The highest BCUT2D eigenvalue weighted by Crippen LogP contribution is 2.12. The molecule has 2 rings (SSSR count). The number of hydrogen-bond acceptors (Lipinski definition) is 5. The van der Waals surface area contributed by atoms with Crippen molar-refractivity contribution in [2.24, 2.45) is 0 Å². The van der Waals surface area contributed by atoms with Crippen molar-refractivity contribution in [3.05, 3.63) is 39.9 Å². The van der Waals surface area contributed by atoms with Gasteiger partial charge < -0.3 is 0 Å². The first-order valence-corrected chi connectivity index (χ1v) is 5.97. The molecule has 1 amide bonds. The molecule has 1 N–H and O–H groups in total. The van der Waals surface area contributed by atoms with E-state index >= 15 is 0 Å². The molecule has 19 heavy (non-hydrogen) atoms. The summed E-state index contributed by atoms with van der Waals surface area (Å²) in [5.41, 5.74) is 2.51. The van der Waals surface area contributed by atoms with Gasteiger partial charge in [0.2, 0.25) is 5.95 Å². The minimum absolute atomic E-state index is 0.165. The van der Waals surface area contributed by atoms with Gasteiger partial charge in [0.1, 0.15) is 5.15 Å². The molecule has 2 aromatic rings. The number of amides is 1. The second kappa shape index (κ2) is 5.27. The Kier molecular flexibility index (Phi) is 3.71. The van der Waals surface area contributed by atoms with E-state index in [9.17, 15) is 4.79 Å². The highest BCUT2D eigenvalue weighted by atomic mass is 35.5. The van der Waals surface area contributed by atoms with Gasteiger partial charge in [-0.25, -0.2) is 9.97 Å². The molecule has 0 aliphatic heterocycles. The van der Waals surface area contributed by atoms with Crippen LogP contribution >= 0.6 is 11.6 Å². The van der Waals surface area contributed by atoms with Crippen molar-refractivity contribution in [1.82, 2.24) is 20.2 Å². The minimum Gasteiger partial charge on any atom is -0.289 e. The first-order valence-electron chi connectivity index (χ1n) is 5.59. The number of aryl methyl sites for hydroxylation is 3. The first kappa shape index (κ1) is 13.4. The molecule has 98 valence electrons. The van der Waals surface area contributed by atoms with Crippen molar-refractivity contribution in [2.45, 2.75) is 20.8 Å². The number of nitrogens with one attached hydrogen (secondary N) is 1. The number of nitrogens with zero attached hydrogens (tertiary/aromatic N) is 4. The molecular formula is C12H12ClN5O.